The largest absolute Gasteiger partial charge is 0.480 e. The van der Waals surface area contributed by atoms with E-state index in [1.54, 1.807) is 18.7 Å². The van der Waals surface area contributed by atoms with E-state index >= 15 is 0 Å². The number of hydrogen-bond acceptors (Lipinski definition) is 3. The molecule has 0 aromatic carbocycles. The molecule has 2 unspecified atom stereocenters. The number of urea groups is 1. The second-order valence-corrected chi connectivity index (χ2v) is 6.75. The van der Waals surface area contributed by atoms with Gasteiger partial charge in [-0.05, 0) is 26.7 Å². The second kappa shape index (κ2) is 6.32. The van der Waals surface area contributed by atoms with E-state index in [2.05, 4.69) is 10.6 Å². The highest BCUT2D eigenvalue weighted by molar-refractivity contribution is 5.85. The first kappa shape index (κ1) is 17.3. The number of likely N-dealkylation sites (tertiary alicyclic amines) is 1. The first-order chi connectivity index (χ1) is 9.52. The number of hydrogen-bond donors (Lipinski definition) is 3. The van der Waals surface area contributed by atoms with E-state index in [-0.39, 0.29) is 29.8 Å². The maximum absolute atomic E-state index is 11.9. The number of carbonyl (C=O) groups is 3. The molecule has 1 aliphatic rings. The minimum absolute atomic E-state index is 0.00792. The van der Waals surface area contributed by atoms with E-state index in [1.807, 2.05) is 20.8 Å². The normalized spacial score (nSPS) is 20.6. The Balaban J connectivity index is 2.57. The van der Waals surface area contributed by atoms with Crippen molar-refractivity contribution in [2.24, 2.45) is 5.92 Å². The van der Waals surface area contributed by atoms with Gasteiger partial charge in [-0.1, -0.05) is 13.8 Å². The summed E-state index contributed by atoms with van der Waals surface area (Å²) in [5, 5.41) is 14.1. The smallest absolute Gasteiger partial charge is 0.326 e. The fraction of sp³-hybridized carbons (Fsp3) is 0.786. The molecular weight excluding hydrogens is 274 g/mol. The van der Waals surface area contributed by atoms with Crippen molar-refractivity contribution < 1.29 is 19.5 Å². The Bertz CT molecular complexity index is 428. The molecular formula is C14H25N3O4. The Kier molecular flexibility index (Phi) is 5.20. The maximum Gasteiger partial charge on any atom is 0.326 e. The third-order valence-electron chi connectivity index (χ3n) is 3.49. The molecule has 0 aromatic rings. The highest BCUT2D eigenvalue weighted by Crippen LogP contribution is 2.21. The molecule has 0 aliphatic carbocycles. The van der Waals surface area contributed by atoms with Gasteiger partial charge in [0.1, 0.15) is 6.04 Å². The average molecular weight is 299 g/mol. The molecule has 21 heavy (non-hydrogen) atoms. The van der Waals surface area contributed by atoms with Crippen LogP contribution in [0.1, 0.15) is 41.0 Å². The number of nitrogens with zero attached hydrogens (tertiary/aromatic N) is 1. The third-order valence-corrected chi connectivity index (χ3v) is 3.49. The van der Waals surface area contributed by atoms with Gasteiger partial charge >= 0.3 is 12.0 Å². The second-order valence-electron chi connectivity index (χ2n) is 6.75. The minimum atomic E-state index is -1.07. The van der Waals surface area contributed by atoms with Crippen LogP contribution in [0, 0.1) is 5.92 Å². The standard InChI is InChI=1S/C14H25N3O4/c1-8(2)11(12(19)20)16-13(21)15-9-6-10(18)17(7-9)14(3,4)5/h8-9,11H,6-7H2,1-5H3,(H,19,20)(H2,15,16,21). The predicted molar refractivity (Wildman–Crippen MR) is 77.8 cm³/mol. The summed E-state index contributed by atoms with van der Waals surface area (Å²) in [6, 6.07) is -1.79. The number of amides is 3. The SMILES string of the molecule is CC(C)C(NC(=O)NC1CC(=O)N(C(C)(C)C)C1)C(=O)O. The van der Waals surface area contributed by atoms with E-state index in [1.165, 1.54) is 0 Å². The monoisotopic (exact) mass is 299 g/mol. The summed E-state index contributed by atoms with van der Waals surface area (Å²) >= 11 is 0. The van der Waals surface area contributed by atoms with Gasteiger partial charge in [0.2, 0.25) is 5.91 Å². The van der Waals surface area contributed by atoms with Gasteiger partial charge < -0.3 is 20.6 Å². The van der Waals surface area contributed by atoms with Gasteiger partial charge in [-0.15, -0.1) is 0 Å². The molecule has 0 spiro atoms. The van der Waals surface area contributed by atoms with Gasteiger partial charge in [-0.3, -0.25) is 4.79 Å². The Hall–Kier alpha value is -1.79. The molecule has 1 rings (SSSR count). The van der Waals surface area contributed by atoms with Crippen LogP contribution in [-0.2, 0) is 9.59 Å². The fourth-order valence-electron chi connectivity index (χ4n) is 2.33. The zero-order valence-electron chi connectivity index (χ0n) is 13.3. The molecule has 0 bridgehead atoms. The summed E-state index contributed by atoms with van der Waals surface area (Å²) in [7, 11) is 0. The summed E-state index contributed by atoms with van der Waals surface area (Å²) in [5.41, 5.74) is -0.286. The molecule has 0 radical (unpaired) electrons. The predicted octanol–water partition coefficient (Wildman–Crippen LogP) is 0.794. The lowest BCUT2D eigenvalue weighted by Gasteiger charge is -2.32. The van der Waals surface area contributed by atoms with Crippen molar-refractivity contribution in [2.75, 3.05) is 6.54 Å². The topological polar surface area (TPSA) is 98.7 Å². The Morgan fingerprint density at radius 2 is 1.90 bits per heavy atom. The lowest BCUT2D eigenvalue weighted by atomic mass is 10.1. The van der Waals surface area contributed by atoms with Gasteiger partial charge in [-0.2, -0.15) is 0 Å². The van der Waals surface area contributed by atoms with Crippen molar-refractivity contribution in [2.45, 2.75) is 58.7 Å². The number of aliphatic carboxylic acids is 1. The molecule has 1 saturated heterocycles. The number of nitrogens with one attached hydrogen (secondary N) is 2. The fourth-order valence-corrected chi connectivity index (χ4v) is 2.33. The van der Waals surface area contributed by atoms with Crippen molar-refractivity contribution in [3.8, 4) is 0 Å². The van der Waals surface area contributed by atoms with E-state index in [0.717, 1.165) is 0 Å². The van der Waals surface area contributed by atoms with Crippen LogP contribution in [0.2, 0.25) is 0 Å². The number of carboxylic acids is 1. The van der Waals surface area contributed by atoms with Gasteiger partial charge in [0.05, 0.1) is 6.04 Å². The first-order valence-corrected chi connectivity index (χ1v) is 7.12. The molecule has 2 atom stereocenters. The maximum atomic E-state index is 11.9. The molecule has 120 valence electrons. The molecule has 7 heteroatoms. The van der Waals surface area contributed by atoms with Gasteiger partial charge in [0.25, 0.3) is 0 Å². The highest BCUT2D eigenvalue weighted by atomic mass is 16.4. The summed E-state index contributed by atoms with van der Waals surface area (Å²) in [5.74, 6) is -1.30. The minimum Gasteiger partial charge on any atom is -0.480 e. The van der Waals surface area contributed by atoms with Crippen LogP contribution in [0.4, 0.5) is 4.79 Å². The van der Waals surface area contributed by atoms with Crippen LogP contribution in [-0.4, -0.2) is 52.1 Å². The van der Waals surface area contributed by atoms with Gasteiger partial charge in [0, 0.05) is 18.5 Å². The van der Waals surface area contributed by atoms with Crippen molar-refractivity contribution >= 4 is 17.9 Å². The van der Waals surface area contributed by atoms with Crippen LogP contribution in [0.15, 0.2) is 0 Å². The van der Waals surface area contributed by atoms with Crippen LogP contribution in [0.5, 0.6) is 0 Å². The van der Waals surface area contributed by atoms with Gasteiger partial charge in [0.15, 0.2) is 0 Å². The zero-order chi connectivity index (χ0) is 16.4. The number of carboxylic acid groups (broad SMARTS) is 1. The van der Waals surface area contributed by atoms with Crippen molar-refractivity contribution in [3.63, 3.8) is 0 Å². The quantitative estimate of drug-likeness (QED) is 0.715. The summed E-state index contributed by atoms with van der Waals surface area (Å²) in [6.07, 6.45) is 0.240. The molecule has 1 fully saturated rings. The van der Waals surface area contributed by atoms with Crippen molar-refractivity contribution in [1.82, 2.24) is 15.5 Å². The lowest BCUT2D eigenvalue weighted by molar-refractivity contribution is -0.140. The Morgan fingerprint density at radius 1 is 1.33 bits per heavy atom. The van der Waals surface area contributed by atoms with E-state index in [9.17, 15) is 14.4 Å². The van der Waals surface area contributed by atoms with Gasteiger partial charge in [-0.25, -0.2) is 9.59 Å². The van der Waals surface area contributed by atoms with E-state index < -0.39 is 18.0 Å². The number of rotatable bonds is 4. The molecule has 1 aliphatic heterocycles. The van der Waals surface area contributed by atoms with Crippen LogP contribution in [0.25, 0.3) is 0 Å². The summed E-state index contributed by atoms with van der Waals surface area (Å²) in [6.45, 7) is 9.69. The summed E-state index contributed by atoms with van der Waals surface area (Å²) in [4.78, 5) is 36.5. The number of carbonyl (C=O) groups excluding carboxylic acids is 2. The molecule has 0 aromatic heterocycles. The molecule has 7 nitrogen and oxygen atoms in total. The molecule has 3 N–H and O–H groups in total. The van der Waals surface area contributed by atoms with E-state index in [4.69, 9.17) is 5.11 Å². The zero-order valence-corrected chi connectivity index (χ0v) is 13.3. The average Bonchev–Trinajstić information content (AvgIpc) is 2.66. The molecule has 1 heterocycles. The van der Waals surface area contributed by atoms with Crippen LogP contribution >= 0.6 is 0 Å². The first-order valence-electron chi connectivity index (χ1n) is 7.12. The molecule has 0 saturated carbocycles. The molecule has 3 amide bonds. The van der Waals surface area contributed by atoms with Crippen molar-refractivity contribution in [3.05, 3.63) is 0 Å². The van der Waals surface area contributed by atoms with Crippen LogP contribution < -0.4 is 10.6 Å². The third kappa shape index (κ3) is 4.61. The Morgan fingerprint density at radius 3 is 2.29 bits per heavy atom. The van der Waals surface area contributed by atoms with Crippen molar-refractivity contribution in [1.29, 1.82) is 0 Å². The van der Waals surface area contributed by atoms with Crippen LogP contribution in [0.3, 0.4) is 0 Å². The highest BCUT2D eigenvalue weighted by Gasteiger charge is 2.37. The summed E-state index contributed by atoms with van der Waals surface area (Å²) < 4.78 is 0. The Labute approximate surface area is 125 Å². The van der Waals surface area contributed by atoms with E-state index in [0.29, 0.717) is 6.54 Å². The lowest BCUT2D eigenvalue weighted by Crippen LogP contribution is -2.52.